The summed E-state index contributed by atoms with van der Waals surface area (Å²) in [6, 6.07) is 22.0. The molecule has 6 nitrogen and oxygen atoms in total. The van der Waals surface area contributed by atoms with Crippen LogP contribution in [0.1, 0.15) is 36.1 Å². The fourth-order valence-electron chi connectivity index (χ4n) is 4.43. The summed E-state index contributed by atoms with van der Waals surface area (Å²) in [6.07, 6.45) is 2.36. The van der Waals surface area contributed by atoms with Crippen LogP contribution in [0.2, 0.25) is 5.02 Å². The van der Waals surface area contributed by atoms with Crippen LogP contribution in [0.5, 0.6) is 5.75 Å². The number of hydrogen-bond donors (Lipinski definition) is 0. The number of ether oxygens (including phenoxy) is 2. The van der Waals surface area contributed by atoms with Crippen LogP contribution in [0.15, 0.2) is 98.3 Å². The second-order valence-electron chi connectivity index (χ2n) is 8.80. The summed E-state index contributed by atoms with van der Waals surface area (Å²) in [5.41, 5.74) is 3.43. The lowest BCUT2D eigenvalue weighted by atomic mass is 9.95. The summed E-state index contributed by atoms with van der Waals surface area (Å²) in [7, 11) is 1.34. The molecule has 1 aromatic heterocycles. The maximum absolute atomic E-state index is 13.7. The maximum atomic E-state index is 13.7. The molecular weight excluding hydrogens is 600 g/mol. The van der Waals surface area contributed by atoms with E-state index in [0.717, 1.165) is 21.2 Å². The third-order valence-electron chi connectivity index (χ3n) is 6.33. The molecule has 5 rings (SSSR count). The van der Waals surface area contributed by atoms with Crippen LogP contribution >= 0.6 is 38.9 Å². The lowest BCUT2D eigenvalue weighted by Gasteiger charge is -2.25. The molecular formula is C30H24BrClN2O4S. The Morgan fingerprint density at radius 3 is 2.54 bits per heavy atom. The van der Waals surface area contributed by atoms with Gasteiger partial charge in [0.25, 0.3) is 5.56 Å². The van der Waals surface area contributed by atoms with Crippen LogP contribution in [0, 0.1) is 0 Å². The Labute approximate surface area is 242 Å². The lowest BCUT2D eigenvalue weighted by molar-refractivity contribution is -0.136. The Morgan fingerprint density at radius 1 is 1.13 bits per heavy atom. The molecule has 0 aliphatic carbocycles. The highest BCUT2D eigenvalue weighted by Gasteiger charge is 2.33. The normalized spacial score (nSPS) is 15.1. The van der Waals surface area contributed by atoms with Crippen molar-refractivity contribution >= 4 is 50.9 Å². The first kappa shape index (κ1) is 27.1. The third kappa shape index (κ3) is 5.64. The number of carbonyl (C=O) groups excluding carboxylic acids is 1. The number of halogens is 2. The fraction of sp³-hybridized carbons (Fsp3) is 0.167. The van der Waals surface area contributed by atoms with E-state index in [0.29, 0.717) is 44.4 Å². The number of benzene rings is 3. The highest BCUT2D eigenvalue weighted by atomic mass is 79.9. The average Bonchev–Trinajstić information content (AvgIpc) is 3.26. The van der Waals surface area contributed by atoms with Crippen molar-refractivity contribution in [2.75, 3.05) is 7.11 Å². The number of esters is 1. The molecule has 0 fully saturated rings. The number of methoxy groups -OCH3 is 1. The first-order chi connectivity index (χ1) is 18.9. The van der Waals surface area contributed by atoms with Crippen LogP contribution in [0.25, 0.3) is 6.08 Å². The van der Waals surface area contributed by atoms with Gasteiger partial charge in [0.05, 0.1) is 33.4 Å². The Kier molecular flexibility index (Phi) is 8.16. The molecule has 198 valence electrons. The zero-order valence-corrected chi connectivity index (χ0v) is 24.3. The van der Waals surface area contributed by atoms with Gasteiger partial charge in [-0.2, -0.15) is 0 Å². The van der Waals surface area contributed by atoms with Crippen molar-refractivity contribution in [1.29, 1.82) is 0 Å². The van der Waals surface area contributed by atoms with E-state index in [1.165, 1.54) is 18.4 Å². The number of nitrogens with zero attached hydrogens (tertiary/aromatic N) is 2. The molecule has 39 heavy (non-hydrogen) atoms. The predicted octanol–water partition coefficient (Wildman–Crippen LogP) is 5.79. The highest BCUT2D eigenvalue weighted by Crippen LogP contribution is 2.32. The molecule has 0 amide bonds. The summed E-state index contributed by atoms with van der Waals surface area (Å²) in [6.45, 7) is 2.34. The van der Waals surface area contributed by atoms with Crippen molar-refractivity contribution in [3.05, 3.63) is 130 Å². The number of hydrogen-bond acceptors (Lipinski definition) is 6. The number of carbonyl (C=O) groups is 1. The molecule has 0 N–H and O–H groups in total. The van der Waals surface area contributed by atoms with E-state index in [4.69, 9.17) is 26.1 Å². The summed E-state index contributed by atoms with van der Waals surface area (Å²) >= 11 is 10.8. The van der Waals surface area contributed by atoms with Crippen molar-refractivity contribution in [1.82, 2.24) is 4.57 Å². The second-order valence-corrected chi connectivity index (χ2v) is 11.1. The van der Waals surface area contributed by atoms with Gasteiger partial charge in [-0.1, -0.05) is 78.4 Å². The van der Waals surface area contributed by atoms with Gasteiger partial charge in [0.2, 0.25) is 0 Å². The third-order valence-corrected chi connectivity index (χ3v) is 8.18. The standard InChI is InChI=1S/C30H24BrClN2O4S/c1-3-23-26(29(36)37-2)27(20-7-5-4-6-8-20)34-28(35)25(39-30(34)33-23)16-19-11-14-24(22(31)15-19)38-17-18-9-12-21(32)13-10-18/h4-16,27H,3,17H2,1-2H3/b25-16-/t27-/m1/s1. The zero-order chi connectivity index (χ0) is 27.5. The van der Waals surface area contributed by atoms with Crippen LogP contribution in [-0.4, -0.2) is 17.6 Å². The SMILES string of the molecule is CCC1=C(C(=O)OC)[C@@H](c2ccccc2)n2c(s/c(=C\c3ccc(OCc4ccc(Cl)cc4)c(Br)c3)c2=O)=N1. The topological polar surface area (TPSA) is 69.9 Å². The summed E-state index contributed by atoms with van der Waals surface area (Å²) in [5, 5.41) is 0.678. The molecule has 1 atom stereocenters. The van der Waals surface area contributed by atoms with Crippen molar-refractivity contribution in [2.24, 2.45) is 4.99 Å². The Bertz CT molecular complexity index is 1740. The van der Waals surface area contributed by atoms with E-state index < -0.39 is 12.0 Å². The van der Waals surface area contributed by atoms with Crippen LogP contribution in [0.4, 0.5) is 0 Å². The van der Waals surface area contributed by atoms with Crippen LogP contribution < -0.4 is 19.6 Å². The van der Waals surface area contributed by atoms with Crippen molar-refractivity contribution in [3.63, 3.8) is 0 Å². The first-order valence-corrected chi connectivity index (χ1v) is 14.2. The number of thiazole rings is 1. The molecule has 0 saturated heterocycles. The first-order valence-electron chi connectivity index (χ1n) is 12.2. The van der Waals surface area contributed by atoms with Crippen molar-refractivity contribution in [3.8, 4) is 5.75 Å². The van der Waals surface area contributed by atoms with Gasteiger partial charge in [0.15, 0.2) is 4.80 Å². The molecule has 0 unspecified atom stereocenters. The number of rotatable bonds is 7. The number of aromatic nitrogens is 1. The van der Waals surface area contributed by atoms with Gasteiger partial charge >= 0.3 is 5.97 Å². The molecule has 0 bridgehead atoms. The molecule has 9 heteroatoms. The minimum atomic E-state index is -0.623. The Morgan fingerprint density at radius 2 is 1.87 bits per heavy atom. The molecule has 1 aliphatic heterocycles. The molecule has 4 aromatic rings. The zero-order valence-electron chi connectivity index (χ0n) is 21.2. The second kappa shape index (κ2) is 11.7. The quantitative estimate of drug-likeness (QED) is 0.244. The number of fused-ring (bicyclic) bond motifs is 1. The van der Waals surface area contributed by atoms with E-state index in [1.54, 1.807) is 4.57 Å². The molecule has 0 radical (unpaired) electrons. The van der Waals surface area contributed by atoms with E-state index in [2.05, 4.69) is 15.9 Å². The van der Waals surface area contributed by atoms with Gasteiger partial charge in [-0.3, -0.25) is 9.36 Å². The van der Waals surface area contributed by atoms with Gasteiger partial charge in [-0.15, -0.1) is 0 Å². The van der Waals surface area contributed by atoms with Crippen LogP contribution in [0.3, 0.4) is 0 Å². The maximum Gasteiger partial charge on any atom is 0.338 e. The Hall–Kier alpha value is -3.46. The smallest absolute Gasteiger partial charge is 0.338 e. The van der Waals surface area contributed by atoms with E-state index in [-0.39, 0.29) is 5.56 Å². The minimum absolute atomic E-state index is 0.219. The molecule has 0 saturated carbocycles. The summed E-state index contributed by atoms with van der Waals surface area (Å²) in [4.78, 5) is 31.9. The molecule has 0 spiro atoms. The van der Waals surface area contributed by atoms with Gasteiger partial charge < -0.3 is 9.47 Å². The van der Waals surface area contributed by atoms with Gasteiger partial charge in [-0.25, -0.2) is 9.79 Å². The van der Waals surface area contributed by atoms with Gasteiger partial charge in [0, 0.05) is 5.02 Å². The van der Waals surface area contributed by atoms with E-state index in [1.807, 2.05) is 85.8 Å². The molecule has 3 aromatic carbocycles. The highest BCUT2D eigenvalue weighted by molar-refractivity contribution is 9.10. The predicted molar refractivity (Wildman–Crippen MR) is 157 cm³/mol. The minimum Gasteiger partial charge on any atom is -0.488 e. The molecule has 2 heterocycles. The molecule has 1 aliphatic rings. The Balaban J connectivity index is 1.53. The van der Waals surface area contributed by atoms with Crippen LogP contribution in [-0.2, 0) is 16.1 Å². The lowest BCUT2D eigenvalue weighted by Crippen LogP contribution is -2.40. The van der Waals surface area contributed by atoms with E-state index >= 15 is 0 Å². The number of allylic oxidation sites excluding steroid dienone is 1. The van der Waals surface area contributed by atoms with Gasteiger partial charge in [-0.05, 0) is 69.4 Å². The largest absolute Gasteiger partial charge is 0.488 e. The average molecular weight is 624 g/mol. The van der Waals surface area contributed by atoms with Crippen molar-refractivity contribution in [2.45, 2.75) is 26.0 Å². The van der Waals surface area contributed by atoms with E-state index in [9.17, 15) is 9.59 Å². The van der Waals surface area contributed by atoms with Crippen molar-refractivity contribution < 1.29 is 14.3 Å². The summed E-state index contributed by atoms with van der Waals surface area (Å²) in [5.74, 6) is 0.194. The monoisotopic (exact) mass is 622 g/mol. The van der Waals surface area contributed by atoms with Gasteiger partial charge in [0.1, 0.15) is 12.4 Å². The fourth-order valence-corrected chi connectivity index (χ4v) is 6.09. The summed E-state index contributed by atoms with van der Waals surface area (Å²) < 4.78 is 13.9.